The van der Waals surface area contributed by atoms with E-state index in [1.165, 1.54) is 4.90 Å². The predicted octanol–water partition coefficient (Wildman–Crippen LogP) is 1.55. The van der Waals surface area contributed by atoms with Crippen molar-refractivity contribution < 1.29 is 9.90 Å². The third-order valence-electron chi connectivity index (χ3n) is 2.67. The number of halogens is 2. The molecule has 0 spiro atoms. The summed E-state index contributed by atoms with van der Waals surface area (Å²) >= 11 is 9.19. The number of anilines is 1. The van der Waals surface area contributed by atoms with Crippen molar-refractivity contribution in [3.63, 3.8) is 0 Å². The number of carbonyl (C=O) groups excluding carboxylic acids is 1. The van der Waals surface area contributed by atoms with Gasteiger partial charge in [-0.05, 0) is 22.9 Å². The maximum absolute atomic E-state index is 11.7. The zero-order chi connectivity index (χ0) is 12.6. The number of aliphatic hydroxyl groups excluding tert-OH is 1. The van der Waals surface area contributed by atoms with Crippen LogP contribution in [0.4, 0.5) is 5.95 Å². The zero-order valence-corrected chi connectivity index (χ0v) is 11.5. The number of amides is 1. The van der Waals surface area contributed by atoms with Gasteiger partial charge in [0.25, 0.3) is 0 Å². The van der Waals surface area contributed by atoms with Crippen molar-refractivity contribution in [3.05, 3.63) is 15.3 Å². The Morgan fingerprint density at radius 1 is 1.59 bits per heavy atom. The molecule has 0 aromatic carbocycles. The number of hydrogen-bond donors (Lipinski definition) is 1. The van der Waals surface area contributed by atoms with Gasteiger partial charge in [-0.15, -0.1) is 0 Å². The van der Waals surface area contributed by atoms with Crippen molar-refractivity contribution >= 4 is 39.4 Å². The second-order valence-corrected chi connectivity index (χ2v) is 5.12. The van der Waals surface area contributed by atoms with Gasteiger partial charge >= 0.3 is 0 Å². The van der Waals surface area contributed by atoms with E-state index in [1.807, 2.05) is 0 Å². The van der Waals surface area contributed by atoms with Crippen LogP contribution in [0, 0.1) is 12.8 Å². The van der Waals surface area contributed by atoms with Crippen LogP contribution < -0.4 is 4.90 Å². The molecule has 7 heteroatoms. The Kier molecular flexibility index (Phi) is 3.65. The van der Waals surface area contributed by atoms with Gasteiger partial charge in [-0.2, -0.15) is 4.98 Å². The van der Waals surface area contributed by atoms with Crippen molar-refractivity contribution in [1.29, 1.82) is 0 Å². The van der Waals surface area contributed by atoms with Crippen molar-refractivity contribution in [3.8, 4) is 0 Å². The molecule has 1 amide bonds. The molecule has 1 aliphatic heterocycles. The van der Waals surface area contributed by atoms with Gasteiger partial charge < -0.3 is 5.11 Å². The highest BCUT2D eigenvalue weighted by molar-refractivity contribution is 9.10. The lowest BCUT2D eigenvalue weighted by Crippen LogP contribution is -2.27. The van der Waals surface area contributed by atoms with E-state index in [2.05, 4.69) is 25.9 Å². The van der Waals surface area contributed by atoms with Crippen LogP contribution in [0.1, 0.15) is 12.1 Å². The Bertz CT molecular complexity index is 446. The fourth-order valence-electron chi connectivity index (χ4n) is 1.73. The molecule has 0 aliphatic carbocycles. The maximum Gasteiger partial charge on any atom is 0.233 e. The van der Waals surface area contributed by atoms with E-state index >= 15 is 0 Å². The summed E-state index contributed by atoms with van der Waals surface area (Å²) in [4.78, 5) is 21.5. The van der Waals surface area contributed by atoms with Gasteiger partial charge in [-0.3, -0.25) is 9.69 Å². The van der Waals surface area contributed by atoms with Crippen molar-refractivity contribution in [1.82, 2.24) is 9.97 Å². The molecule has 92 valence electrons. The van der Waals surface area contributed by atoms with E-state index in [9.17, 15) is 4.79 Å². The van der Waals surface area contributed by atoms with E-state index < -0.39 is 0 Å². The van der Waals surface area contributed by atoms with Crippen LogP contribution in [0.2, 0.25) is 5.15 Å². The topological polar surface area (TPSA) is 66.3 Å². The predicted molar refractivity (Wildman–Crippen MR) is 67.0 cm³/mol. The Balaban J connectivity index is 2.32. The molecular weight excluding hydrogens is 309 g/mol. The fourth-order valence-corrected chi connectivity index (χ4v) is 2.12. The highest BCUT2D eigenvalue weighted by Crippen LogP contribution is 2.28. The molecule has 2 rings (SSSR count). The summed E-state index contributed by atoms with van der Waals surface area (Å²) in [7, 11) is 0. The van der Waals surface area contributed by atoms with Crippen LogP contribution in [0.3, 0.4) is 0 Å². The summed E-state index contributed by atoms with van der Waals surface area (Å²) in [5.74, 6) is 0.173. The molecular formula is C10H11BrClN3O2. The molecule has 1 unspecified atom stereocenters. The molecule has 1 atom stereocenters. The molecule has 0 saturated carbocycles. The summed E-state index contributed by atoms with van der Waals surface area (Å²) in [5, 5.41) is 9.33. The van der Waals surface area contributed by atoms with Gasteiger partial charge in [0.15, 0.2) is 0 Å². The molecule has 1 aliphatic rings. The Labute approximate surface area is 112 Å². The molecule has 1 fully saturated rings. The summed E-state index contributed by atoms with van der Waals surface area (Å²) in [6.07, 6.45) is 0.326. The van der Waals surface area contributed by atoms with Gasteiger partial charge in [0.2, 0.25) is 11.9 Å². The molecule has 1 saturated heterocycles. The summed E-state index contributed by atoms with van der Waals surface area (Å²) in [6, 6.07) is 0. The fraction of sp³-hybridized carbons (Fsp3) is 0.500. The molecule has 17 heavy (non-hydrogen) atoms. The first-order chi connectivity index (χ1) is 8.02. The van der Waals surface area contributed by atoms with E-state index in [4.69, 9.17) is 16.7 Å². The van der Waals surface area contributed by atoms with E-state index in [0.29, 0.717) is 29.1 Å². The molecule has 0 radical (unpaired) electrons. The normalized spacial score (nSPS) is 20.1. The minimum absolute atomic E-state index is 0.00845. The third kappa shape index (κ3) is 2.43. The number of nitrogens with zero attached hydrogens (tertiary/aromatic N) is 3. The summed E-state index contributed by atoms with van der Waals surface area (Å²) in [5.41, 5.74) is 0.681. The average Bonchev–Trinajstić information content (AvgIpc) is 2.67. The second kappa shape index (κ2) is 4.88. The minimum Gasteiger partial charge on any atom is -0.396 e. The Morgan fingerprint density at radius 2 is 2.29 bits per heavy atom. The summed E-state index contributed by atoms with van der Waals surface area (Å²) in [6.45, 7) is 2.21. The van der Waals surface area contributed by atoms with Crippen molar-refractivity contribution in [2.24, 2.45) is 5.92 Å². The van der Waals surface area contributed by atoms with Crippen LogP contribution >= 0.6 is 27.5 Å². The highest BCUT2D eigenvalue weighted by Gasteiger charge is 2.32. The highest BCUT2D eigenvalue weighted by atomic mass is 79.9. The average molecular weight is 321 g/mol. The number of hydrogen-bond acceptors (Lipinski definition) is 4. The molecule has 1 aromatic rings. The monoisotopic (exact) mass is 319 g/mol. The minimum atomic E-state index is -0.0816. The standard InChI is InChI=1S/C10H11BrClN3O2/c1-5-8(11)9(12)14-10(13-5)15-3-6(4-16)2-7(15)17/h6,16H,2-4H2,1H3. The van der Waals surface area contributed by atoms with Crippen LogP contribution in [0.15, 0.2) is 4.47 Å². The van der Waals surface area contributed by atoms with Gasteiger partial charge in [-0.25, -0.2) is 4.98 Å². The van der Waals surface area contributed by atoms with Crippen molar-refractivity contribution in [2.45, 2.75) is 13.3 Å². The number of aromatic nitrogens is 2. The third-order valence-corrected chi connectivity index (χ3v) is 4.12. The first kappa shape index (κ1) is 12.7. The maximum atomic E-state index is 11.7. The number of aryl methyl sites for hydroxylation is 1. The number of carbonyl (C=O) groups is 1. The van der Waals surface area contributed by atoms with Crippen LogP contribution in [0.5, 0.6) is 0 Å². The first-order valence-corrected chi connectivity index (χ1v) is 6.31. The van der Waals surface area contributed by atoms with E-state index in [-0.39, 0.29) is 23.6 Å². The lowest BCUT2D eigenvalue weighted by molar-refractivity contribution is -0.117. The second-order valence-electron chi connectivity index (χ2n) is 3.97. The number of rotatable bonds is 2. The van der Waals surface area contributed by atoms with Gasteiger partial charge in [0.1, 0.15) is 5.15 Å². The smallest absolute Gasteiger partial charge is 0.233 e. The molecule has 1 N–H and O–H groups in total. The molecule has 0 bridgehead atoms. The van der Waals surface area contributed by atoms with Gasteiger partial charge in [0.05, 0.1) is 10.2 Å². The zero-order valence-electron chi connectivity index (χ0n) is 9.15. The molecule has 1 aromatic heterocycles. The molecule has 5 nitrogen and oxygen atoms in total. The Morgan fingerprint density at radius 3 is 2.82 bits per heavy atom. The van der Waals surface area contributed by atoms with E-state index in [1.54, 1.807) is 6.92 Å². The van der Waals surface area contributed by atoms with Crippen LogP contribution in [-0.2, 0) is 4.79 Å². The quantitative estimate of drug-likeness (QED) is 0.840. The van der Waals surface area contributed by atoms with E-state index in [0.717, 1.165) is 0 Å². The first-order valence-electron chi connectivity index (χ1n) is 5.13. The lowest BCUT2D eigenvalue weighted by atomic mass is 10.1. The molecule has 2 heterocycles. The van der Waals surface area contributed by atoms with Crippen molar-refractivity contribution in [2.75, 3.05) is 18.1 Å². The van der Waals surface area contributed by atoms with Gasteiger partial charge in [-0.1, -0.05) is 11.6 Å². The largest absolute Gasteiger partial charge is 0.396 e. The number of aliphatic hydroxyl groups is 1. The summed E-state index contributed by atoms with van der Waals surface area (Å²) < 4.78 is 0.633. The van der Waals surface area contributed by atoms with Crippen LogP contribution in [-0.4, -0.2) is 34.1 Å². The Hall–Kier alpha value is -0.720. The SMILES string of the molecule is Cc1nc(N2CC(CO)CC2=O)nc(Cl)c1Br. The van der Waals surface area contributed by atoms with Gasteiger partial charge in [0, 0.05) is 25.5 Å². The van der Waals surface area contributed by atoms with Crippen LogP contribution in [0.25, 0.3) is 0 Å². The lowest BCUT2D eigenvalue weighted by Gasteiger charge is -2.15.